The molecule has 0 aliphatic carbocycles. The minimum Gasteiger partial charge on any atom is -0.323 e. The van der Waals surface area contributed by atoms with Crippen LogP contribution in [-0.2, 0) is 16.1 Å². The Morgan fingerprint density at radius 3 is 2.48 bits per heavy atom. The highest BCUT2D eigenvalue weighted by Gasteiger charge is 2.26. The molecule has 3 heterocycles. The molecule has 0 saturated carbocycles. The number of para-hydroxylation sites is 1. The summed E-state index contributed by atoms with van der Waals surface area (Å²) in [6, 6.07) is 9.87. The number of benzene rings is 1. The van der Waals surface area contributed by atoms with Gasteiger partial charge in [0.1, 0.15) is 0 Å². The number of piperidine rings is 1. The van der Waals surface area contributed by atoms with Crippen molar-refractivity contribution in [2.75, 3.05) is 30.3 Å². The van der Waals surface area contributed by atoms with Gasteiger partial charge in [0, 0.05) is 18.7 Å². The van der Waals surface area contributed by atoms with Crippen molar-refractivity contribution < 1.29 is 9.59 Å². The fourth-order valence-electron chi connectivity index (χ4n) is 4.22. The first-order valence-corrected chi connectivity index (χ1v) is 11.4. The fourth-order valence-corrected chi connectivity index (χ4v) is 4.22. The zero-order valence-corrected chi connectivity index (χ0v) is 19.4. The van der Waals surface area contributed by atoms with E-state index in [4.69, 9.17) is 0 Å². The van der Waals surface area contributed by atoms with Crippen LogP contribution < -0.4 is 10.6 Å². The molecule has 4 rings (SSSR count). The molecule has 3 aromatic rings. The van der Waals surface area contributed by atoms with Crippen molar-refractivity contribution in [3.05, 3.63) is 54.1 Å². The predicted molar refractivity (Wildman–Crippen MR) is 127 cm³/mol. The molecule has 0 atom stereocenters. The van der Waals surface area contributed by atoms with Crippen LogP contribution in [0.3, 0.4) is 0 Å². The molecule has 2 amide bonds. The third-order valence-corrected chi connectivity index (χ3v) is 6.11. The maximum absolute atomic E-state index is 12.7. The molecule has 1 aliphatic rings. The summed E-state index contributed by atoms with van der Waals surface area (Å²) >= 11 is 0. The first kappa shape index (κ1) is 22.7. The molecular formula is C24H31N7O2. The van der Waals surface area contributed by atoms with Gasteiger partial charge < -0.3 is 10.6 Å². The van der Waals surface area contributed by atoms with E-state index in [1.807, 2.05) is 62.0 Å². The SMILES string of the molecule is CCn1cc(NC(=O)C2CCN(CC(=O)Nc3c(C)nn(-c4ccccc4)c3C)CC2)cn1. The Labute approximate surface area is 193 Å². The average molecular weight is 450 g/mol. The lowest BCUT2D eigenvalue weighted by Crippen LogP contribution is -2.41. The van der Waals surface area contributed by atoms with E-state index in [9.17, 15) is 9.59 Å². The molecule has 0 spiro atoms. The Morgan fingerprint density at radius 1 is 1.09 bits per heavy atom. The Balaban J connectivity index is 1.28. The van der Waals surface area contributed by atoms with Gasteiger partial charge in [-0.3, -0.25) is 19.2 Å². The predicted octanol–water partition coefficient (Wildman–Crippen LogP) is 2.99. The second-order valence-electron chi connectivity index (χ2n) is 8.47. The van der Waals surface area contributed by atoms with Crippen molar-refractivity contribution in [3.63, 3.8) is 0 Å². The van der Waals surface area contributed by atoms with E-state index < -0.39 is 0 Å². The summed E-state index contributed by atoms with van der Waals surface area (Å²) < 4.78 is 3.63. The number of hydrogen-bond acceptors (Lipinski definition) is 5. The number of carbonyl (C=O) groups excluding carboxylic acids is 2. The van der Waals surface area contributed by atoms with Gasteiger partial charge in [-0.2, -0.15) is 10.2 Å². The topological polar surface area (TPSA) is 97.1 Å². The molecule has 2 aromatic heterocycles. The van der Waals surface area contributed by atoms with Crippen LogP contribution in [-0.4, -0.2) is 55.9 Å². The molecule has 9 heteroatoms. The molecule has 9 nitrogen and oxygen atoms in total. The van der Waals surface area contributed by atoms with Crippen LogP contribution in [0.5, 0.6) is 0 Å². The van der Waals surface area contributed by atoms with Gasteiger partial charge in [-0.15, -0.1) is 0 Å². The second kappa shape index (κ2) is 9.99. The summed E-state index contributed by atoms with van der Waals surface area (Å²) in [5.74, 6) is -0.0964. The molecule has 1 aromatic carbocycles. The van der Waals surface area contributed by atoms with E-state index in [2.05, 4.69) is 25.7 Å². The van der Waals surface area contributed by atoms with Gasteiger partial charge in [0.15, 0.2) is 0 Å². The van der Waals surface area contributed by atoms with Crippen molar-refractivity contribution in [3.8, 4) is 5.69 Å². The van der Waals surface area contributed by atoms with E-state index in [1.165, 1.54) is 0 Å². The first-order valence-electron chi connectivity index (χ1n) is 11.4. The fraction of sp³-hybridized carbons (Fsp3) is 0.417. The number of rotatable bonds is 7. The third-order valence-electron chi connectivity index (χ3n) is 6.11. The van der Waals surface area contributed by atoms with Crippen LogP contribution in [0, 0.1) is 19.8 Å². The highest BCUT2D eigenvalue weighted by Crippen LogP contribution is 2.23. The number of hydrogen-bond donors (Lipinski definition) is 2. The highest BCUT2D eigenvalue weighted by atomic mass is 16.2. The number of aromatic nitrogens is 4. The second-order valence-corrected chi connectivity index (χ2v) is 8.47. The number of nitrogens with one attached hydrogen (secondary N) is 2. The summed E-state index contributed by atoms with van der Waals surface area (Å²) in [6.07, 6.45) is 4.96. The van der Waals surface area contributed by atoms with Crippen molar-refractivity contribution in [1.82, 2.24) is 24.5 Å². The van der Waals surface area contributed by atoms with Crippen LogP contribution >= 0.6 is 0 Å². The first-order chi connectivity index (χ1) is 15.9. The van der Waals surface area contributed by atoms with Crippen molar-refractivity contribution in [2.24, 2.45) is 5.92 Å². The zero-order chi connectivity index (χ0) is 23.4. The number of carbonyl (C=O) groups is 2. The Hall–Kier alpha value is -3.46. The maximum atomic E-state index is 12.7. The maximum Gasteiger partial charge on any atom is 0.238 e. The Morgan fingerprint density at radius 2 is 1.82 bits per heavy atom. The van der Waals surface area contributed by atoms with E-state index in [-0.39, 0.29) is 17.7 Å². The zero-order valence-electron chi connectivity index (χ0n) is 19.4. The standard InChI is InChI=1S/C24H31N7O2/c1-4-30-15-20(14-25-30)26-24(33)19-10-12-29(13-11-19)16-22(32)27-23-17(2)28-31(18(23)3)21-8-6-5-7-9-21/h5-9,14-15,19H,4,10-13,16H2,1-3H3,(H,26,33)(H,27,32). The molecule has 1 aliphatic heterocycles. The van der Waals surface area contributed by atoms with Gasteiger partial charge in [0.25, 0.3) is 0 Å². The largest absolute Gasteiger partial charge is 0.323 e. The average Bonchev–Trinajstić information content (AvgIpc) is 3.39. The van der Waals surface area contributed by atoms with E-state index >= 15 is 0 Å². The minimum atomic E-state index is -0.0660. The molecule has 0 unspecified atom stereocenters. The van der Waals surface area contributed by atoms with E-state index in [0.717, 1.165) is 47.8 Å². The number of anilines is 2. The summed E-state index contributed by atoms with van der Waals surface area (Å²) in [5.41, 5.74) is 4.12. The molecule has 0 radical (unpaired) electrons. The van der Waals surface area contributed by atoms with E-state index in [0.29, 0.717) is 19.6 Å². The van der Waals surface area contributed by atoms with Gasteiger partial charge in [-0.1, -0.05) is 18.2 Å². The number of amides is 2. The quantitative estimate of drug-likeness (QED) is 0.578. The van der Waals surface area contributed by atoms with Crippen LogP contribution in [0.4, 0.5) is 11.4 Å². The van der Waals surface area contributed by atoms with Crippen LogP contribution in [0.1, 0.15) is 31.2 Å². The van der Waals surface area contributed by atoms with Crippen molar-refractivity contribution >= 4 is 23.2 Å². The molecule has 2 N–H and O–H groups in total. The molecule has 1 fully saturated rings. The summed E-state index contributed by atoms with van der Waals surface area (Å²) in [6.45, 7) is 8.34. The van der Waals surface area contributed by atoms with Crippen molar-refractivity contribution in [1.29, 1.82) is 0 Å². The Bertz CT molecular complexity index is 1110. The molecule has 174 valence electrons. The number of likely N-dealkylation sites (tertiary alicyclic amines) is 1. The highest BCUT2D eigenvalue weighted by molar-refractivity contribution is 5.94. The number of aryl methyl sites for hydroxylation is 2. The number of nitrogens with zero attached hydrogens (tertiary/aromatic N) is 5. The van der Waals surface area contributed by atoms with Gasteiger partial charge in [-0.25, -0.2) is 4.68 Å². The lowest BCUT2D eigenvalue weighted by molar-refractivity contribution is -0.121. The summed E-state index contributed by atoms with van der Waals surface area (Å²) in [5, 5.41) is 14.8. The van der Waals surface area contributed by atoms with Crippen LogP contribution in [0.2, 0.25) is 0 Å². The summed E-state index contributed by atoms with van der Waals surface area (Å²) in [4.78, 5) is 27.4. The molecule has 1 saturated heterocycles. The van der Waals surface area contributed by atoms with Crippen LogP contribution in [0.25, 0.3) is 5.69 Å². The van der Waals surface area contributed by atoms with E-state index in [1.54, 1.807) is 10.9 Å². The minimum absolute atomic E-state index is 0.0225. The summed E-state index contributed by atoms with van der Waals surface area (Å²) in [7, 11) is 0. The third kappa shape index (κ3) is 5.31. The normalized spacial score (nSPS) is 14.9. The lowest BCUT2D eigenvalue weighted by atomic mass is 9.96. The lowest BCUT2D eigenvalue weighted by Gasteiger charge is -2.30. The monoisotopic (exact) mass is 449 g/mol. The van der Waals surface area contributed by atoms with Gasteiger partial charge >= 0.3 is 0 Å². The molecule has 0 bridgehead atoms. The molecular weight excluding hydrogens is 418 g/mol. The molecule has 33 heavy (non-hydrogen) atoms. The van der Waals surface area contributed by atoms with Crippen molar-refractivity contribution in [2.45, 2.75) is 40.2 Å². The van der Waals surface area contributed by atoms with Gasteiger partial charge in [-0.05, 0) is 58.8 Å². The van der Waals surface area contributed by atoms with Crippen LogP contribution in [0.15, 0.2) is 42.7 Å². The Kier molecular flexibility index (Phi) is 6.88. The smallest absolute Gasteiger partial charge is 0.238 e. The van der Waals surface area contributed by atoms with Gasteiger partial charge in [0.2, 0.25) is 11.8 Å². The van der Waals surface area contributed by atoms with Gasteiger partial charge in [0.05, 0.1) is 41.2 Å².